The largest absolute Gasteiger partial charge is 0.444 e. The summed E-state index contributed by atoms with van der Waals surface area (Å²) in [5.41, 5.74) is -2.49. The van der Waals surface area contributed by atoms with Gasteiger partial charge in [-0.3, -0.25) is 4.90 Å². The molecule has 1 aromatic rings. The lowest BCUT2D eigenvalue weighted by atomic mass is 9.80. The van der Waals surface area contributed by atoms with Crippen molar-refractivity contribution < 1.29 is 22.7 Å². The quantitative estimate of drug-likeness (QED) is 0.760. The van der Waals surface area contributed by atoms with Crippen molar-refractivity contribution in [2.75, 3.05) is 6.54 Å². The zero-order chi connectivity index (χ0) is 18.0. The van der Waals surface area contributed by atoms with Crippen LogP contribution in [0.4, 0.5) is 18.0 Å². The van der Waals surface area contributed by atoms with Crippen molar-refractivity contribution in [2.45, 2.75) is 63.8 Å². The Balaban J connectivity index is 2.39. The molecule has 1 unspecified atom stereocenters. The molecule has 1 fully saturated rings. The van der Waals surface area contributed by atoms with E-state index in [0.717, 1.165) is 4.90 Å². The number of alkyl halides is 3. The van der Waals surface area contributed by atoms with Crippen molar-refractivity contribution in [3.8, 4) is 0 Å². The highest BCUT2D eigenvalue weighted by molar-refractivity contribution is 5.69. The van der Waals surface area contributed by atoms with Crippen LogP contribution in [0.25, 0.3) is 0 Å². The van der Waals surface area contributed by atoms with Gasteiger partial charge in [0.2, 0.25) is 0 Å². The van der Waals surface area contributed by atoms with Gasteiger partial charge in [-0.2, -0.15) is 13.2 Å². The third-order valence-corrected chi connectivity index (χ3v) is 4.22. The number of carbonyl (C=O) groups is 1. The van der Waals surface area contributed by atoms with E-state index in [1.54, 1.807) is 51.1 Å². The number of halogens is 3. The molecule has 0 saturated carbocycles. The number of hydrogen-bond acceptors (Lipinski definition) is 2. The van der Waals surface area contributed by atoms with Gasteiger partial charge in [0.15, 0.2) is 0 Å². The fourth-order valence-corrected chi connectivity index (χ4v) is 3.13. The Hall–Kier alpha value is -1.72. The molecule has 1 aliphatic rings. The molecule has 1 aliphatic heterocycles. The summed E-state index contributed by atoms with van der Waals surface area (Å²) in [5, 5.41) is 0. The van der Waals surface area contributed by atoms with Crippen molar-refractivity contribution in [2.24, 2.45) is 0 Å². The van der Waals surface area contributed by atoms with E-state index in [2.05, 4.69) is 0 Å². The first-order valence-electron chi connectivity index (χ1n) is 8.16. The molecule has 134 valence electrons. The van der Waals surface area contributed by atoms with Crippen LogP contribution in [-0.2, 0) is 11.2 Å². The van der Waals surface area contributed by atoms with E-state index in [0.29, 0.717) is 18.4 Å². The highest BCUT2D eigenvalue weighted by Crippen LogP contribution is 2.45. The molecule has 0 aromatic heterocycles. The summed E-state index contributed by atoms with van der Waals surface area (Å²) in [4.78, 5) is 13.4. The average Bonchev–Trinajstić information content (AvgIpc) is 2.45. The number of likely N-dealkylation sites (tertiary alicyclic amines) is 1. The minimum atomic E-state index is -4.53. The lowest BCUT2D eigenvalue weighted by Crippen LogP contribution is -2.64. The first kappa shape index (κ1) is 18.6. The number of rotatable bonds is 2. The van der Waals surface area contributed by atoms with E-state index < -0.39 is 23.4 Å². The van der Waals surface area contributed by atoms with Crippen molar-refractivity contribution in [1.29, 1.82) is 0 Å². The predicted molar refractivity (Wildman–Crippen MR) is 85.7 cm³/mol. The van der Waals surface area contributed by atoms with Gasteiger partial charge in [-0.15, -0.1) is 0 Å². The highest BCUT2D eigenvalue weighted by atomic mass is 19.4. The van der Waals surface area contributed by atoms with Crippen LogP contribution in [0.1, 0.15) is 45.6 Å². The Kier molecular flexibility index (Phi) is 5.16. The average molecular weight is 343 g/mol. The summed E-state index contributed by atoms with van der Waals surface area (Å²) >= 11 is 0. The zero-order valence-corrected chi connectivity index (χ0v) is 14.3. The molecule has 1 heterocycles. The second-order valence-corrected chi connectivity index (χ2v) is 7.28. The lowest BCUT2D eigenvalue weighted by molar-refractivity contribution is -0.236. The van der Waals surface area contributed by atoms with Gasteiger partial charge in [-0.1, -0.05) is 30.3 Å². The van der Waals surface area contributed by atoms with Gasteiger partial charge >= 0.3 is 12.3 Å². The van der Waals surface area contributed by atoms with Crippen LogP contribution in [0.2, 0.25) is 0 Å². The van der Waals surface area contributed by atoms with E-state index in [4.69, 9.17) is 4.74 Å². The Labute approximate surface area is 140 Å². The van der Waals surface area contributed by atoms with E-state index >= 15 is 0 Å². The van der Waals surface area contributed by atoms with Crippen LogP contribution in [0.3, 0.4) is 0 Å². The Morgan fingerprint density at radius 1 is 1.17 bits per heavy atom. The second kappa shape index (κ2) is 6.65. The summed E-state index contributed by atoms with van der Waals surface area (Å²) < 4.78 is 47.5. The third-order valence-electron chi connectivity index (χ3n) is 4.22. The minimum absolute atomic E-state index is 0.0568. The summed E-state index contributed by atoms with van der Waals surface area (Å²) in [6, 6.07) is 8.50. The Morgan fingerprint density at radius 3 is 2.33 bits per heavy atom. The SMILES string of the molecule is CC(C)(C)OC(=O)N1CCCCC1(Cc1ccccc1)C(F)(F)F. The first-order chi connectivity index (χ1) is 11.1. The zero-order valence-electron chi connectivity index (χ0n) is 14.3. The molecule has 1 aromatic carbocycles. The van der Waals surface area contributed by atoms with Crippen molar-refractivity contribution in [3.05, 3.63) is 35.9 Å². The van der Waals surface area contributed by atoms with Crippen LogP contribution < -0.4 is 0 Å². The third kappa shape index (κ3) is 4.02. The molecule has 1 amide bonds. The van der Waals surface area contributed by atoms with E-state index in [1.165, 1.54) is 0 Å². The summed E-state index contributed by atoms with van der Waals surface area (Å²) in [7, 11) is 0. The van der Waals surface area contributed by atoms with E-state index in [1.807, 2.05) is 0 Å². The summed E-state index contributed by atoms with van der Waals surface area (Å²) in [5.74, 6) is 0. The van der Waals surface area contributed by atoms with Gasteiger partial charge in [0.05, 0.1) is 0 Å². The van der Waals surface area contributed by atoms with Gasteiger partial charge < -0.3 is 4.74 Å². The topological polar surface area (TPSA) is 29.5 Å². The molecule has 1 saturated heterocycles. The van der Waals surface area contributed by atoms with Gasteiger partial charge in [-0.05, 0) is 45.6 Å². The van der Waals surface area contributed by atoms with Gasteiger partial charge in [-0.25, -0.2) is 4.79 Å². The number of hydrogen-bond donors (Lipinski definition) is 0. The van der Waals surface area contributed by atoms with Gasteiger partial charge in [0.25, 0.3) is 0 Å². The number of carbonyl (C=O) groups excluding carboxylic acids is 1. The van der Waals surface area contributed by atoms with Gasteiger partial charge in [0.1, 0.15) is 11.1 Å². The molecular formula is C18H24F3NO2. The monoisotopic (exact) mass is 343 g/mol. The summed E-state index contributed by atoms with van der Waals surface area (Å²) in [6.45, 7) is 5.02. The number of nitrogens with zero attached hydrogens (tertiary/aromatic N) is 1. The molecule has 1 atom stereocenters. The molecule has 2 rings (SSSR count). The highest BCUT2D eigenvalue weighted by Gasteiger charge is 2.61. The molecule has 24 heavy (non-hydrogen) atoms. The maximum Gasteiger partial charge on any atom is 0.412 e. The van der Waals surface area contributed by atoms with Crippen molar-refractivity contribution >= 4 is 6.09 Å². The van der Waals surface area contributed by atoms with Gasteiger partial charge in [0, 0.05) is 13.0 Å². The Morgan fingerprint density at radius 2 is 1.79 bits per heavy atom. The second-order valence-electron chi connectivity index (χ2n) is 7.28. The molecule has 3 nitrogen and oxygen atoms in total. The Bertz CT molecular complexity index is 566. The summed E-state index contributed by atoms with van der Waals surface area (Å²) in [6.07, 6.45) is -4.80. The standard InChI is InChI=1S/C18H24F3NO2/c1-16(2,3)24-15(23)22-12-8-7-11-17(22,18(19,20)21)13-14-9-5-4-6-10-14/h4-6,9-10H,7-8,11-13H2,1-3H3. The fraction of sp³-hybridized carbons (Fsp3) is 0.611. The van der Waals surface area contributed by atoms with Crippen LogP contribution in [0, 0.1) is 0 Å². The maximum absolute atomic E-state index is 14.1. The normalized spacial score (nSPS) is 22.3. The minimum Gasteiger partial charge on any atom is -0.444 e. The lowest BCUT2D eigenvalue weighted by Gasteiger charge is -2.48. The molecule has 6 heteroatoms. The smallest absolute Gasteiger partial charge is 0.412 e. The molecule has 0 bridgehead atoms. The molecule has 0 spiro atoms. The van der Waals surface area contributed by atoms with Crippen LogP contribution in [0.5, 0.6) is 0 Å². The van der Waals surface area contributed by atoms with Crippen molar-refractivity contribution in [3.63, 3.8) is 0 Å². The van der Waals surface area contributed by atoms with E-state index in [9.17, 15) is 18.0 Å². The van der Waals surface area contributed by atoms with Crippen molar-refractivity contribution in [1.82, 2.24) is 4.90 Å². The number of amides is 1. The molecule has 0 aliphatic carbocycles. The first-order valence-corrected chi connectivity index (χ1v) is 8.16. The van der Waals surface area contributed by atoms with Crippen LogP contribution in [0.15, 0.2) is 30.3 Å². The molecular weight excluding hydrogens is 319 g/mol. The van der Waals surface area contributed by atoms with Crippen LogP contribution in [-0.4, -0.2) is 34.9 Å². The van der Waals surface area contributed by atoms with Crippen LogP contribution >= 0.6 is 0 Å². The molecule has 0 radical (unpaired) electrons. The number of ether oxygens (including phenoxy) is 1. The number of benzene rings is 1. The van der Waals surface area contributed by atoms with E-state index in [-0.39, 0.29) is 19.4 Å². The molecule has 0 N–H and O–H groups in total. The maximum atomic E-state index is 14.1. The predicted octanol–water partition coefficient (Wildman–Crippen LogP) is 4.95. The fourth-order valence-electron chi connectivity index (χ4n) is 3.13. The number of piperidine rings is 1.